The summed E-state index contributed by atoms with van der Waals surface area (Å²) >= 11 is 5.97. The van der Waals surface area contributed by atoms with Gasteiger partial charge in [-0.2, -0.15) is 0 Å². The van der Waals surface area contributed by atoms with Crippen molar-refractivity contribution >= 4 is 17.5 Å². The molecule has 1 amide bonds. The zero-order chi connectivity index (χ0) is 23.5. The second-order valence-corrected chi connectivity index (χ2v) is 8.99. The van der Waals surface area contributed by atoms with Gasteiger partial charge in [-0.15, -0.1) is 10.2 Å². The van der Waals surface area contributed by atoms with E-state index in [4.69, 9.17) is 16.0 Å². The summed E-state index contributed by atoms with van der Waals surface area (Å²) in [6.45, 7) is 6.00. The quantitative estimate of drug-likeness (QED) is 0.393. The predicted octanol–water partition coefficient (Wildman–Crippen LogP) is 5.32. The molecule has 0 saturated carbocycles. The lowest BCUT2D eigenvalue weighted by Gasteiger charge is -2.34. The molecule has 0 N–H and O–H groups in total. The number of halogens is 1. The molecule has 1 aromatic heterocycles. The molecule has 0 atom stereocenters. The molecule has 1 aliphatic heterocycles. The van der Waals surface area contributed by atoms with Gasteiger partial charge in [0.15, 0.2) is 0 Å². The molecular weight excluding hydrogens is 448 g/mol. The molecule has 1 aliphatic rings. The first-order chi connectivity index (χ1) is 16.5. The van der Waals surface area contributed by atoms with Crippen LogP contribution in [0.1, 0.15) is 21.5 Å². The Balaban J connectivity index is 1.19. The van der Waals surface area contributed by atoms with Crippen molar-refractivity contribution in [1.29, 1.82) is 0 Å². The van der Waals surface area contributed by atoms with Crippen LogP contribution in [0.3, 0.4) is 0 Å². The number of nitrogens with zero attached hydrogens (tertiary/aromatic N) is 4. The van der Waals surface area contributed by atoms with E-state index in [1.165, 1.54) is 11.1 Å². The number of carbonyl (C=O) groups is 1. The number of aryl methyl sites for hydroxylation is 1. The zero-order valence-electron chi connectivity index (χ0n) is 18.9. The summed E-state index contributed by atoms with van der Waals surface area (Å²) in [6, 6.07) is 23.2. The Hall–Kier alpha value is -3.48. The van der Waals surface area contributed by atoms with Crippen LogP contribution in [-0.4, -0.2) is 52.1 Å². The summed E-state index contributed by atoms with van der Waals surface area (Å²) < 4.78 is 5.85. The van der Waals surface area contributed by atoms with Crippen molar-refractivity contribution in [3.63, 3.8) is 0 Å². The van der Waals surface area contributed by atoms with Crippen LogP contribution < -0.4 is 0 Å². The SMILES string of the molecule is Cc1ccc(-c2nnc(-c3ccc(C(=O)N4CCN(Cc5ccc(Cl)cc5)CC4)cc3)o2)cc1. The Labute approximate surface area is 203 Å². The molecule has 0 unspecified atom stereocenters. The maximum absolute atomic E-state index is 13.0. The van der Waals surface area contributed by atoms with Gasteiger partial charge < -0.3 is 9.32 Å². The third-order valence-corrected chi connectivity index (χ3v) is 6.33. The third kappa shape index (κ3) is 5.03. The summed E-state index contributed by atoms with van der Waals surface area (Å²) in [5.74, 6) is 0.959. The minimum atomic E-state index is 0.0450. The number of hydrogen-bond donors (Lipinski definition) is 0. The van der Waals surface area contributed by atoms with Crippen LogP contribution >= 0.6 is 11.6 Å². The van der Waals surface area contributed by atoms with Crippen molar-refractivity contribution < 1.29 is 9.21 Å². The highest BCUT2D eigenvalue weighted by atomic mass is 35.5. The average Bonchev–Trinajstić information content (AvgIpc) is 3.36. The number of piperazine rings is 1. The first kappa shape index (κ1) is 22.3. The summed E-state index contributed by atoms with van der Waals surface area (Å²) in [6.07, 6.45) is 0. The topological polar surface area (TPSA) is 62.5 Å². The average molecular weight is 473 g/mol. The molecule has 172 valence electrons. The van der Waals surface area contributed by atoms with Crippen molar-refractivity contribution in [3.05, 3.63) is 94.5 Å². The molecule has 34 heavy (non-hydrogen) atoms. The number of hydrogen-bond acceptors (Lipinski definition) is 5. The first-order valence-corrected chi connectivity index (χ1v) is 11.7. The molecule has 2 heterocycles. The smallest absolute Gasteiger partial charge is 0.253 e. The van der Waals surface area contributed by atoms with Gasteiger partial charge in [-0.1, -0.05) is 41.4 Å². The normalized spacial score (nSPS) is 14.4. The lowest BCUT2D eigenvalue weighted by molar-refractivity contribution is 0.0628. The minimum Gasteiger partial charge on any atom is -0.416 e. The standard InChI is InChI=1S/C27H25ClN4O2/c1-19-2-6-21(7-3-19)25-29-30-26(34-25)22-8-10-23(11-9-22)27(33)32-16-14-31(15-17-32)18-20-4-12-24(28)13-5-20/h2-13H,14-18H2,1H3. The lowest BCUT2D eigenvalue weighted by Crippen LogP contribution is -2.48. The van der Waals surface area contributed by atoms with E-state index in [-0.39, 0.29) is 5.91 Å². The third-order valence-electron chi connectivity index (χ3n) is 6.08. The van der Waals surface area contributed by atoms with Gasteiger partial charge in [0.1, 0.15) is 0 Å². The van der Waals surface area contributed by atoms with Crippen LogP contribution in [0.5, 0.6) is 0 Å². The van der Waals surface area contributed by atoms with Crippen LogP contribution in [0, 0.1) is 6.92 Å². The molecule has 3 aromatic carbocycles. The van der Waals surface area contributed by atoms with Crippen LogP contribution in [0.15, 0.2) is 77.2 Å². The summed E-state index contributed by atoms with van der Waals surface area (Å²) in [7, 11) is 0. The number of carbonyl (C=O) groups excluding carboxylic acids is 1. The first-order valence-electron chi connectivity index (χ1n) is 11.3. The fourth-order valence-corrected chi connectivity index (χ4v) is 4.17. The Morgan fingerprint density at radius 1 is 0.824 bits per heavy atom. The minimum absolute atomic E-state index is 0.0450. The van der Waals surface area contributed by atoms with Gasteiger partial charge in [-0.05, 0) is 61.0 Å². The van der Waals surface area contributed by atoms with E-state index in [0.717, 1.165) is 35.8 Å². The van der Waals surface area contributed by atoms with Gasteiger partial charge in [0.25, 0.3) is 5.91 Å². The lowest BCUT2D eigenvalue weighted by atomic mass is 10.1. The fourth-order valence-electron chi connectivity index (χ4n) is 4.05. The molecule has 0 spiro atoms. The van der Waals surface area contributed by atoms with E-state index in [1.807, 2.05) is 72.5 Å². The predicted molar refractivity (Wildman–Crippen MR) is 133 cm³/mol. The molecule has 1 fully saturated rings. The van der Waals surface area contributed by atoms with Gasteiger partial charge in [0.05, 0.1) is 0 Å². The van der Waals surface area contributed by atoms with E-state index in [1.54, 1.807) is 0 Å². The highest BCUT2D eigenvalue weighted by molar-refractivity contribution is 6.30. The van der Waals surface area contributed by atoms with Crippen molar-refractivity contribution in [2.24, 2.45) is 0 Å². The van der Waals surface area contributed by atoms with Gasteiger partial charge >= 0.3 is 0 Å². The van der Waals surface area contributed by atoms with Crippen LogP contribution in [0.2, 0.25) is 5.02 Å². The van der Waals surface area contributed by atoms with Crippen molar-refractivity contribution in [3.8, 4) is 22.9 Å². The Bertz CT molecular complexity index is 1260. The summed E-state index contributed by atoms with van der Waals surface area (Å²) in [5.41, 5.74) is 4.73. The number of rotatable bonds is 5. The van der Waals surface area contributed by atoms with Crippen LogP contribution in [0.25, 0.3) is 22.9 Å². The molecule has 0 radical (unpaired) electrons. The Morgan fingerprint density at radius 2 is 1.38 bits per heavy atom. The Kier molecular flexibility index (Phi) is 6.43. The van der Waals surface area contributed by atoms with Crippen molar-refractivity contribution in [2.45, 2.75) is 13.5 Å². The van der Waals surface area contributed by atoms with E-state index in [2.05, 4.69) is 27.2 Å². The highest BCUT2D eigenvalue weighted by Crippen LogP contribution is 2.25. The molecule has 7 heteroatoms. The monoisotopic (exact) mass is 472 g/mol. The molecule has 0 aliphatic carbocycles. The summed E-state index contributed by atoms with van der Waals surface area (Å²) in [4.78, 5) is 17.3. The van der Waals surface area contributed by atoms with Gasteiger partial charge in [-0.25, -0.2) is 0 Å². The van der Waals surface area contributed by atoms with E-state index in [9.17, 15) is 4.79 Å². The molecule has 4 aromatic rings. The second kappa shape index (κ2) is 9.79. The number of benzene rings is 3. The number of amides is 1. The molecule has 6 nitrogen and oxygen atoms in total. The molecular formula is C27H25ClN4O2. The maximum atomic E-state index is 13.0. The summed E-state index contributed by atoms with van der Waals surface area (Å²) in [5, 5.41) is 9.08. The van der Waals surface area contributed by atoms with Gasteiger partial charge in [-0.3, -0.25) is 9.69 Å². The Morgan fingerprint density at radius 3 is 1.97 bits per heavy atom. The van der Waals surface area contributed by atoms with E-state index in [0.29, 0.717) is 30.4 Å². The molecule has 1 saturated heterocycles. The van der Waals surface area contributed by atoms with Gasteiger partial charge in [0, 0.05) is 54.4 Å². The molecule has 5 rings (SSSR count). The highest BCUT2D eigenvalue weighted by Gasteiger charge is 2.22. The fraction of sp³-hybridized carbons (Fsp3) is 0.222. The largest absolute Gasteiger partial charge is 0.416 e. The van der Waals surface area contributed by atoms with Crippen LogP contribution in [0.4, 0.5) is 0 Å². The van der Waals surface area contributed by atoms with Crippen molar-refractivity contribution in [1.82, 2.24) is 20.0 Å². The van der Waals surface area contributed by atoms with Crippen molar-refractivity contribution in [2.75, 3.05) is 26.2 Å². The number of aromatic nitrogens is 2. The van der Waals surface area contributed by atoms with E-state index >= 15 is 0 Å². The van der Waals surface area contributed by atoms with Gasteiger partial charge in [0.2, 0.25) is 11.8 Å². The second-order valence-electron chi connectivity index (χ2n) is 8.55. The zero-order valence-corrected chi connectivity index (χ0v) is 19.7. The van der Waals surface area contributed by atoms with Crippen LogP contribution in [-0.2, 0) is 6.54 Å². The molecule has 0 bridgehead atoms. The van der Waals surface area contributed by atoms with E-state index < -0.39 is 0 Å². The maximum Gasteiger partial charge on any atom is 0.253 e.